The Morgan fingerprint density at radius 1 is 1.00 bits per heavy atom. The van der Waals surface area contributed by atoms with Gasteiger partial charge in [0.05, 0.1) is 34.0 Å². The minimum atomic E-state index is -0.576. The zero-order valence-electron chi connectivity index (χ0n) is 14.1. The third-order valence-electron chi connectivity index (χ3n) is 4.38. The van der Waals surface area contributed by atoms with Crippen molar-refractivity contribution < 1.29 is 24.1 Å². The summed E-state index contributed by atoms with van der Waals surface area (Å²) in [6.07, 6.45) is 0.111. The first-order valence-electron chi connectivity index (χ1n) is 7.86. The molecule has 24 heavy (non-hydrogen) atoms. The van der Waals surface area contributed by atoms with Crippen molar-refractivity contribution in [1.82, 2.24) is 0 Å². The van der Waals surface area contributed by atoms with E-state index < -0.39 is 6.10 Å². The smallest absolute Gasteiger partial charge is 0.160 e. The van der Waals surface area contributed by atoms with Crippen LogP contribution < -0.4 is 18.9 Å². The zero-order chi connectivity index (χ0) is 17.1. The molecular formula is C19H22O5. The van der Waals surface area contributed by atoms with E-state index >= 15 is 0 Å². The Labute approximate surface area is 141 Å². The van der Waals surface area contributed by atoms with Gasteiger partial charge in [-0.2, -0.15) is 0 Å². The molecular weight excluding hydrogens is 308 g/mol. The van der Waals surface area contributed by atoms with Crippen LogP contribution in [0.4, 0.5) is 0 Å². The summed E-state index contributed by atoms with van der Waals surface area (Å²) in [7, 11) is 4.84. The second kappa shape index (κ2) is 7.01. The van der Waals surface area contributed by atoms with Gasteiger partial charge in [-0.05, 0) is 36.2 Å². The van der Waals surface area contributed by atoms with E-state index in [1.54, 1.807) is 21.3 Å². The van der Waals surface area contributed by atoms with Crippen LogP contribution in [0, 0.1) is 5.92 Å². The Hall–Kier alpha value is -2.40. The fourth-order valence-electron chi connectivity index (χ4n) is 3.03. The van der Waals surface area contributed by atoms with Gasteiger partial charge in [-0.3, -0.25) is 0 Å². The monoisotopic (exact) mass is 330 g/mol. The van der Waals surface area contributed by atoms with Crippen LogP contribution in [-0.4, -0.2) is 33.0 Å². The van der Waals surface area contributed by atoms with Gasteiger partial charge < -0.3 is 24.1 Å². The molecule has 1 aliphatic rings. The highest BCUT2D eigenvalue weighted by Gasteiger charge is 2.30. The number of benzene rings is 2. The van der Waals surface area contributed by atoms with E-state index in [1.807, 2.05) is 36.4 Å². The zero-order valence-corrected chi connectivity index (χ0v) is 14.1. The average Bonchev–Trinajstić information content (AvgIpc) is 2.63. The van der Waals surface area contributed by atoms with Crippen LogP contribution in [0.15, 0.2) is 36.4 Å². The molecule has 2 aromatic carbocycles. The lowest BCUT2D eigenvalue weighted by molar-refractivity contribution is 0.0506. The molecule has 128 valence electrons. The minimum Gasteiger partial charge on any atom is -0.497 e. The van der Waals surface area contributed by atoms with Gasteiger partial charge in [0.2, 0.25) is 0 Å². The molecule has 5 heteroatoms. The van der Waals surface area contributed by atoms with Gasteiger partial charge in [0, 0.05) is 17.5 Å². The van der Waals surface area contributed by atoms with Crippen LogP contribution >= 0.6 is 0 Å². The third kappa shape index (κ3) is 3.12. The van der Waals surface area contributed by atoms with Gasteiger partial charge in [-0.1, -0.05) is 6.07 Å². The maximum Gasteiger partial charge on any atom is 0.160 e. The van der Waals surface area contributed by atoms with Crippen molar-refractivity contribution in [2.24, 2.45) is 5.92 Å². The van der Waals surface area contributed by atoms with E-state index in [0.717, 1.165) is 16.9 Å². The molecule has 0 spiro atoms. The van der Waals surface area contributed by atoms with Crippen molar-refractivity contribution >= 4 is 0 Å². The van der Waals surface area contributed by atoms with Gasteiger partial charge in [-0.15, -0.1) is 0 Å². The lowest BCUT2D eigenvalue weighted by atomic mass is 9.88. The molecule has 0 unspecified atom stereocenters. The first-order chi connectivity index (χ1) is 11.7. The number of fused-ring (bicyclic) bond motifs is 1. The van der Waals surface area contributed by atoms with Crippen LogP contribution in [0.3, 0.4) is 0 Å². The van der Waals surface area contributed by atoms with Crippen molar-refractivity contribution in [3.05, 3.63) is 47.5 Å². The minimum absolute atomic E-state index is 0.0241. The molecule has 0 bridgehead atoms. The van der Waals surface area contributed by atoms with E-state index in [0.29, 0.717) is 30.3 Å². The molecule has 1 heterocycles. The van der Waals surface area contributed by atoms with E-state index in [2.05, 4.69) is 0 Å². The molecule has 0 aliphatic carbocycles. The fraction of sp³-hybridized carbons (Fsp3) is 0.368. The average molecular weight is 330 g/mol. The maximum atomic E-state index is 10.7. The summed E-state index contributed by atoms with van der Waals surface area (Å²) in [4.78, 5) is 0. The van der Waals surface area contributed by atoms with E-state index in [-0.39, 0.29) is 5.92 Å². The van der Waals surface area contributed by atoms with E-state index in [4.69, 9.17) is 18.9 Å². The third-order valence-corrected chi connectivity index (χ3v) is 4.38. The maximum absolute atomic E-state index is 10.7. The van der Waals surface area contributed by atoms with Crippen LogP contribution in [-0.2, 0) is 6.42 Å². The Kier molecular flexibility index (Phi) is 4.81. The first kappa shape index (κ1) is 16.5. The van der Waals surface area contributed by atoms with Gasteiger partial charge in [0.15, 0.2) is 11.5 Å². The summed E-state index contributed by atoms with van der Waals surface area (Å²) in [6, 6.07) is 11.3. The molecule has 2 atom stereocenters. The van der Waals surface area contributed by atoms with Gasteiger partial charge in [0.1, 0.15) is 11.5 Å². The van der Waals surface area contributed by atoms with Crippen LogP contribution in [0.5, 0.6) is 23.0 Å². The number of methoxy groups -OCH3 is 3. The molecule has 0 saturated heterocycles. The summed E-state index contributed by atoms with van der Waals surface area (Å²) in [6.45, 7) is 0.454. The molecule has 1 aliphatic heterocycles. The first-order valence-corrected chi connectivity index (χ1v) is 7.86. The topological polar surface area (TPSA) is 57.2 Å². The Bertz CT molecular complexity index is 713. The van der Waals surface area contributed by atoms with Crippen LogP contribution in [0.1, 0.15) is 17.2 Å². The normalized spacial score (nSPS) is 19.2. The number of ether oxygens (including phenoxy) is 4. The van der Waals surface area contributed by atoms with Gasteiger partial charge >= 0.3 is 0 Å². The highest BCUT2D eigenvalue weighted by atomic mass is 16.5. The molecule has 3 rings (SSSR count). The highest BCUT2D eigenvalue weighted by Crippen LogP contribution is 2.39. The number of aliphatic hydroxyl groups is 1. The molecule has 0 saturated carbocycles. The largest absolute Gasteiger partial charge is 0.497 e. The summed E-state index contributed by atoms with van der Waals surface area (Å²) in [5, 5.41) is 10.7. The van der Waals surface area contributed by atoms with Crippen molar-refractivity contribution in [2.45, 2.75) is 12.5 Å². The number of aliphatic hydroxyl groups excluding tert-OH is 1. The fourth-order valence-corrected chi connectivity index (χ4v) is 3.03. The number of hydrogen-bond donors (Lipinski definition) is 1. The number of hydrogen-bond acceptors (Lipinski definition) is 5. The standard InChI is InChI=1S/C19H22O5/c1-21-14-5-6-15-17(10-14)24-11-13(19(15)20)8-12-4-7-16(22-2)18(9-12)23-3/h4-7,9-10,13,19-20H,8,11H2,1-3H3/t13-,19-/m1/s1. The molecule has 1 N–H and O–H groups in total. The van der Waals surface area contributed by atoms with Crippen molar-refractivity contribution in [3.8, 4) is 23.0 Å². The summed E-state index contributed by atoms with van der Waals surface area (Å²) < 4.78 is 21.6. The number of rotatable bonds is 5. The van der Waals surface area contributed by atoms with Crippen molar-refractivity contribution in [3.63, 3.8) is 0 Å². The highest BCUT2D eigenvalue weighted by molar-refractivity contribution is 5.45. The molecule has 2 aromatic rings. The van der Waals surface area contributed by atoms with Crippen molar-refractivity contribution in [1.29, 1.82) is 0 Å². The van der Waals surface area contributed by atoms with Crippen molar-refractivity contribution in [2.75, 3.05) is 27.9 Å². The summed E-state index contributed by atoms with van der Waals surface area (Å²) >= 11 is 0. The molecule has 0 amide bonds. The summed E-state index contributed by atoms with van der Waals surface area (Å²) in [5.41, 5.74) is 1.87. The predicted octanol–water partition coefficient (Wildman–Crippen LogP) is 3.00. The summed E-state index contributed by atoms with van der Waals surface area (Å²) in [5.74, 6) is 2.76. The molecule has 0 fully saturated rings. The van der Waals surface area contributed by atoms with Gasteiger partial charge in [0.25, 0.3) is 0 Å². The Balaban J connectivity index is 1.79. The second-order valence-electron chi connectivity index (χ2n) is 5.81. The quantitative estimate of drug-likeness (QED) is 0.913. The van der Waals surface area contributed by atoms with E-state index in [1.165, 1.54) is 0 Å². The SMILES string of the molecule is COc1ccc2c(c1)OC[C@@H](Cc1ccc(OC)c(OC)c1)[C@H]2O. The molecule has 0 radical (unpaired) electrons. The van der Waals surface area contributed by atoms with Gasteiger partial charge in [-0.25, -0.2) is 0 Å². The van der Waals surface area contributed by atoms with Crippen LogP contribution in [0.2, 0.25) is 0 Å². The molecule has 0 aromatic heterocycles. The van der Waals surface area contributed by atoms with Crippen LogP contribution in [0.25, 0.3) is 0 Å². The molecule has 5 nitrogen and oxygen atoms in total. The predicted molar refractivity (Wildman–Crippen MR) is 90.2 cm³/mol. The lowest BCUT2D eigenvalue weighted by Crippen LogP contribution is -2.27. The second-order valence-corrected chi connectivity index (χ2v) is 5.81. The lowest BCUT2D eigenvalue weighted by Gasteiger charge is -2.30. The Morgan fingerprint density at radius 2 is 1.79 bits per heavy atom. The van der Waals surface area contributed by atoms with E-state index in [9.17, 15) is 5.11 Å². The Morgan fingerprint density at radius 3 is 2.50 bits per heavy atom.